The summed E-state index contributed by atoms with van der Waals surface area (Å²) in [6.07, 6.45) is 0. The maximum atomic E-state index is 12.7. The number of rotatable bonds is 5. The Balaban J connectivity index is 1.65. The van der Waals surface area contributed by atoms with Gasteiger partial charge >= 0.3 is 0 Å². The lowest BCUT2D eigenvalue weighted by Crippen LogP contribution is -2.13. The van der Waals surface area contributed by atoms with Crippen molar-refractivity contribution in [3.8, 4) is 5.75 Å². The van der Waals surface area contributed by atoms with Gasteiger partial charge in [-0.2, -0.15) is 0 Å². The van der Waals surface area contributed by atoms with Crippen LogP contribution in [0.4, 0.5) is 5.69 Å². The molecular formula is C23H26N2O2S. The molecule has 2 aromatic carbocycles. The van der Waals surface area contributed by atoms with E-state index in [9.17, 15) is 4.79 Å². The quantitative estimate of drug-likeness (QED) is 0.587. The average Bonchev–Trinajstić information content (AvgIpc) is 3.02. The molecule has 1 amide bonds. The van der Waals surface area contributed by atoms with E-state index < -0.39 is 0 Å². The largest absolute Gasteiger partial charge is 0.486 e. The molecule has 0 atom stereocenters. The van der Waals surface area contributed by atoms with Crippen molar-refractivity contribution >= 4 is 22.9 Å². The number of benzene rings is 2. The SMILES string of the molecule is Cc1ccc(OCc2nc(C)c(C(=O)Nc3ccc(C(C)(C)C)cc3)s2)cc1. The summed E-state index contributed by atoms with van der Waals surface area (Å²) in [6, 6.07) is 15.9. The van der Waals surface area contributed by atoms with Crippen LogP contribution in [0.15, 0.2) is 48.5 Å². The molecule has 4 nitrogen and oxygen atoms in total. The van der Waals surface area contributed by atoms with Crippen LogP contribution in [0.1, 0.15) is 52.3 Å². The molecule has 0 spiro atoms. The van der Waals surface area contributed by atoms with E-state index >= 15 is 0 Å². The zero-order chi connectivity index (χ0) is 20.3. The Bertz CT molecular complexity index is 952. The molecular weight excluding hydrogens is 368 g/mol. The van der Waals surface area contributed by atoms with Gasteiger partial charge in [0.15, 0.2) is 0 Å². The molecule has 1 aromatic heterocycles. The van der Waals surface area contributed by atoms with Crippen molar-refractivity contribution in [3.05, 3.63) is 75.2 Å². The second-order valence-corrected chi connectivity index (χ2v) is 8.99. The van der Waals surface area contributed by atoms with E-state index in [1.807, 2.05) is 50.2 Å². The molecule has 0 bridgehead atoms. The fourth-order valence-electron chi connectivity index (χ4n) is 2.75. The second kappa shape index (κ2) is 8.15. The van der Waals surface area contributed by atoms with Crippen LogP contribution in [0.5, 0.6) is 5.75 Å². The first-order valence-corrected chi connectivity index (χ1v) is 10.1. The third-order valence-electron chi connectivity index (χ3n) is 4.44. The zero-order valence-corrected chi connectivity index (χ0v) is 17.8. The van der Waals surface area contributed by atoms with Crippen molar-refractivity contribution in [2.75, 3.05) is 5.32 Å². The molecule has 0 radical (unpaired) electrons. The third-order valence-corrected chi connectivity index (χ3v) is 5.57. The second-order valence-electron chi connectivity index (χ2n) is 7.91. The lowest BCUT2D eigenvalue weighted by Gasteiger charge is -2.19. The zero-order valence-electron chi connectivity index (χ0n) is 17.0. The molecule has 5 heteroatoms. The molecule has 0 aliphatic carbocycles. The number of anilines is 1. The monoisotopic (exact) mass is 394 g/mol. The third kappa shape index (κ3) is 4.98. The number of carbonyl (C=O) groups excluding carboxylic acids is 1. The van der Waals surface area contributed by atoms with Gasteiger partial charge in [0.2, 0.25) is 0 Å². The van der Waals surface area contributed by atoms with Crippen LogP contribution in [0.3, 0.4) is 0 Å². The van der Waals surface area contributed by atoms with Gasteiger partial charge in [0.25, 0.3) is 5.91 Å². The van der Waals surface area contributed by atoms with Gasteiger partial charge in [-0.3, -0.25) is 4.79 Å². The minimum absolute atomic E-state index is 0.0865. The Morgan fingerprint density at radius 1 is 1.04 bits per heavy atom. The summed E-state index contributed by atoms with van der Waals surface area (Å²) in [4.78, 5) is 17.8. The summed E-state index contributed by atoms with van der Waals surface area (Å²) in [7, 11) is 0. The minimum atomic E-state index is -0.139. The van der Waals surface area contributed by atoms with Crippen LogP contribution in [0.25, 0.3) is 0 Å². The van der Waals surface area contributed by atoms with Crippen LogP contribution in [0.2, 0.25) is 0 Å². The molecule has 0 aliphatic rings. The van der Waals surface area contributed by atoms with E-state index in [-0.39, 0.29) is 11.3 Å². The van der Waals surface area contributed by atoms with Crippen molar-refractivity contribution in [2.45, 2.75) is 46.6 Å². The van der Waals surface area contributed by atoms with Crippen molar-refractivity contribution in [2.24, 2.45) is 0 Å². The predicted molar refractivity (Wildman–Crippen MR) is 115 cm³/mol. The topological polar surface area (TPSA) is 51.2 Å². The van der Waals surface area contributed by atoms with Gasteiger partial charge in [-0.25, -0.2) is 4.98 Å². The van der Waals surface area contributed by atoms with Gasteiger partial charge in [0, 0.05) is 5.69 Å². The van der Waals surface area contributed by atoms with Gasteiger partial charge in [-0.05, 0) is 49.1 Å². The number of aryl methyl sites for hydroxylation is 2. The first kappa shape index (κ1) is 20.1. The van der Waals surface area contributed by atoms with E-state index in [0.29, 0.717) is 11.5 Å². The highest BCUT2D eigenvalue weighted by molar-refractivity contribution is 7.13. The van der Waals surface area contributed by atoms with Crippen molar-refractivity contribution in [1.29, 1.82) is 0 Å². The number of hydrogen-bond acceptors (Lipinski definition) is 4. The van der Waals surface area contributed by atoms with E-state index in [2.05, 4.69) is 43.2 Å². The number of nitrogens with one attached hydrogen (secondary N) is 1. The van der Waals surface area contributed by atoms with Crippen LogP contribution in [-0.2, 0) is 12.0 Å². The Morgan fingerprint density at radius 2 is 1.68 bits per heavy atom. The number of carbonyl (C=O) groups is 1. The Kier molecular flexibility index (Phi) is 5.84. The first-order chi connectivity index (χ1) is 13.2. The molecule has 1 heterocycles. The molecule has 0 unspecified atom stereocenters. The highest BCUT2D eigenvalue weighted by atomic mass is 32.1. The number of ether oxygens (including phenoxy) is 1. The highest BCUT2D eigenvalue weighted by Gasteiger charge is 2.17. The van der Waals surface area contributed by atoms with Crippen LogP contribution in [-0.4, -0.2) is 10.9 Å². The molecule has 0 aliphatic heterocycles. The summed E-state index contributed by atoms with van der Waals surface area (Å²) in [6.45, 7) is 10.7. The molecule has 3 rings (SSSR count). The van der Waals surface area contributed by atoms with E-state index in [1.165, 1.54) is 22.5 Å². The van der Waals surface area contributed by atoms with Crippen molar-refractivity contribution in [1.82, 2.24) is 4.98 Å². The molecule has 0 fully saturated rings. The summed E-state index contributed by atoms with van der Waals surface area (Å²) in [5.41, 5.74) is 4.00. The maximum Gasteiger partial charge on any atom is 0.267 e. The number of aromatic nitrogens is 1. The lowest BCUT2D eigenvalue weighted by atomic mass is 9.87. The van der Waals surface area contributed by atoms with Gasteiger partial charge < -0.3 is 10.1 Å². The highest BCUT2D eigenvalue weighted by Crippen LogP contribution is 2.25. The van der Waals surface area contributed by atoms with Gasteiger partial charge in [-0.15, -0.1) is 11.3 Å². The molecule has 1 N–H and O–H groups in total. The minimum Gasteiger partial charge on any atom is -0.486 e. The van der Waals surface area contributed by atoms with Gasteiger partial charge in [0.1, 0.15) is 22.2 Å². The smallest absolute Gasteiger partial charge is 0.267 e. The number of hydrogen-bond donors (Lipinski definition) is 1. The Hall–Kier alpha value is -2.66. The summed E-state index contributed by atoms with van der Waals surface area (Å²) < 4.78 is 5.77. The van der Waals surface area contributed by atoms with E-state index in [0.717, 1.165) is 22.1 Å². The fraction of sp³-hybridized carbons (Fsp3) is 0.304. The first-order valence-electron chi connectivity index (χ1n) is 9.30. The number of amides is 1. The standard InChI is InChI=1S/C23H26N2O2S/c1-15-6-12-19(13-7-15)27-14-20-24-16(2)21(28-20)22(26)25-18-10-8-17(9-11-18)23(3,4)5/h6-13H,14H2,1-5H3,(H,25,26). The van der Waals surface area contributed by atoms with Crippen molar-refractivity contribution in [3.63, 3.8) is 0 Å². The number of thiazole rings is 1. The maximum absolute atomic E-state index is 12.7. The Morgan fingerprint density at radius 3 is 2.29 bits per heavy atom. The number of nitrogens with zero attached hydrogens (tertiary/aromatic N) is 1. The molecule has 28 heavy (non-hydrogen) atoms. The summed E-state index contributed by atoms with van der Waals surface area (Å²) in [5, 5.41) is 3.75. The average molecular weight is 395 g/mol. The van der Waals surface area contributed by atoms with Crippen LogP contribution in [0, 0.1) is 13.8 Å². The summed E-state index contributed by atoms with van der Waals surface area (Å²) >= 11 is 1.37. The molecule has 146 valence electrons. The van der Waals surface area contributed by atoms with Gasteiger partial charge in [-0.1, -0.05) is 50.6 Å². The fourth-order valence-corrected chi connectivity index (χ4v) is 3.62. The predicted octanol–water partition coefficient (Wildman–Crippen LogP) is 5.89. The van der Waals surface area contributed by atoms with E-state index in [1.54, 1.807) is 0 Å². The van der Waals surface area contributed by atoms with Crippen molar-refractivity contribution < 1.29 is 9.53 Å². The van der Waals surface area contributed by atoms with Crippen LogP contribution < -0.4 is 10.1 Å². The molecule has 0 saturated carbocycles. The lowest BCUT2D eigenvalue weighted by molar-refractivity contribution is 0.103. The molecule has 0 saturated heterocycles. The van der Waals surface area contributed by atoms with E-state index in [4.69, 9.17) is 4.74 Å². The van der Waals surface area contributed by atoms with Gasteiger partial charge in [0.05, 0.1) is 5.69 Å². The van der Waals surface area contributed by atoms with Crippen LogP contribution >= 0.6 is 11.3 Å². The summed E-state index contributed by atoms with van der Waals surface area (Å²) in [5.74, 6) is 0.656. The Labute approximate surface area is 170 Å². The molecule has 3 aromatic rings. The normalized spacial score (nSPS) is 11.3.